The molecule has 0 aliphatic heterocycles. The molecular weight excluding hydrogens is 448 g/mol. The average Bonchev–Trinajstić information content (AvgIpc) is 3.26. The molecule has 0 spiro atoms. The van der Waals surface area contributed by atoms with E-state index in [2.05, 4.69) is 125 Å². The first-order valence-corrected chi connectivity index (χ1v) is 11.5. The molecule has 4 aromatic carbocycles. The van der Waals surface area contributed by atoms with Crippen molar-refractivity contribution >= 4 is 27.3 Å². The zero-order valence-corrected chi connectivity index (χ0v) is 18.7. The lowest BCUT2D eigenvalue weighted by atomic mass is 9.97. The van der Waals surface area contributed by atoms with Crippen molar-refractivity contribution in [3.8, 4) is 43.8 Å². The summed E-state index contributed by atoms with van der Waals surface area (Å²) in [6, 6.07) is 41.2. The minimum Gasteiger partial charge on any atom is -0.128 e. The molecule has 5 aromatic rings. The van der Waals surface area contributed by atoms with Crippen molar-refractivity contribution in [3.63, 3.8) is 0 Å². The van der Waals surface area contributed by atoms with E-state index in [1.54, 1.807) is 11.3 Å². The normalized spacial score (nSPS) is 10.8. The summed E-state index contributed by atoms with van der Waals surface area (Å²) in [5.74, 6) is 0. The summed E-state index contributed by atoms with van der Waals surface area (Å²) in [5, 5.41) is 0. The Kier molecular flexibility index (Phi) is 5.35. The van der Waals surface area contributed by atoms with Gasteiger partial charge in [-0.1, -0.05) is 103 Å². The highest BCUT2D eigenvalue weighted by molar-refractivity contribution is 9.11. The van der Waals surface area contributed by atoms with Gasteiger partial charge >= 0.3 is 0 Å². The van der Waals surface area contributed by atoms with Gasteiger partial charge in [-0.05, 0) is 67.0 Å². The van der Waals surface area contributed by atoms with E-state index in [4.69, 9.17) is 0 Å². The van der Waals surface area contributed by atoms with Crippen LogP contribution in [0.15, 0.2) is 119 Å². The molecule has 0 aliphatic rings. The van der Waals surface area contributed by atoms with Crippen molar-refractivity contribution in [1.82, 2.24) is 0 Å². The quantitative estimate of drug-likeness (QED) is 0.247. The minimum absolute atomic E-state index is 1.16. The molecule has 30 heavy (non-hydrogen) atoms. The third-order valence-electron chi connectivity index (χ3n) is 5.29. The third-order valence-corrected chi connectivity index (χ3v) is 6.96. The van der Waals surface area contributed by atoms with E-state index >= 15 is 0 Å². The Morgan fingerprint density at radius 1 is 0.367 bits per heavy atom. The molecule has 0 amide bonds. The fourth-order valence-electron chi connectivity index (χ4n) is 3.64. The van der Waals surface area contributed by atoms with Crippen LogP contribution in [0.5, 0.6) is 0 Å². The van der Waals surface area contributed by atoms with Crippen LogP contribution in [0.4, 0.5) is 0 Å². The first kappa shape index (κ1) is 19.0. The zero-order chi connectivity index (χ0) is 20.3. The fourth-order valence-corrected chi connectivity index (χ4v) is 5.03. The van der Waals surface area contributed by atoms with Crippen molar-refractivity contribution in [2.45, 2.75) is 0 Å². The number of hydrogen-bond donors (Lipinski definition) is 0. The molecule has 2 heteroatoms. The van der Waals surface area contributed by atoms with Crippen molar-refractivity contribution in [2.24, 2.45) is 0 Å². The molecule has 0 unspecified atom stereocenters. The molecule has 5 rings (SSSR count). The number of rotatable bonds is 4. The first-order valence-electron chi connectivity index (χ1n) is 9.88. The standard InChI is InChI=1S/C28H19BrS/c29-28-19-18-27(30-28)26-16-14-25(15-17-26)24-12-10-23(11-13-24)22-8-6-21(7-9-22)20-4-2-1-3-5-20/h1-19H. The maximum atomic E-state index is 3.54. The second-order valence-corrected chi connectivity index (χ2v) is 9.66. The smallest absolute Gasteiger partial charge is 0.0705 e. The van der Waals surface area contributed by atoms with Gasteiger partial charge in [0.25, 0.3) is 0 Å². The highest BCUT2D eigenvalue weighted by Gasteiger charge is 2.04. The molecule has 0 fully saturated rings. The van der Waals surface area contributed by atoms with Crippen LogP contribution in [0.25, 0.3) is 43.8 Å². The van der Waals surface area contributed by atoms with Gasteiger partial charge in [-0.2, -0.15) is 0 Å². The van der Waals surface area contributed by atoms with Crippen LogP contribution >= 0.6 is 27.3 Å². The molecule has 1 aromatic heterocycles. The summed E-state index contributed by atoms with van der Waals surface area (Å²) in [6.45, 7) is 0. The van der Waals surface area contributed by atoms with E-state index in [0.29, 0.717) is 0 Å². The van der Waals surface area contributed by atoms with Crippen LogP contribution in [-0.2, 0) is 0 Å². The zero-order valence-electron chi connectivity index (χ0n) is 16.3. The molecule has 0 aliphatic carbocycles. The number of hydrogen-bond acceptors (Lipinski definition) is 1. The lowest BCUT2D eigenvalue weighted by molar-refractivity contribution is 1.57. The maximum Gasteiger partial charge on any atom is 0.0705 e. The Balaban J connectivity index is 1.35. The second-order valence-electron chi connectivity index (χ2n) is 7.20. The molecule has 0 saturated carbocycles. The Morgan fingerprint density at radius 2 is 0.733 bits per heavy atom. The number of halogens is 1. The topological polar surface area (TPSA) is 0 Å². The molecule has 0 saturated heterocycles. The van der Waals surface area contributed by atoms with Gasteiger partial charge in [-0.15, -0.1) is 11.3 Å². The Hall–Kier alpha value is -2.94. The van der Waals surface area contributed by atoms with Gasteiger partial charge in [0.05, 0.1) is 3.79 Å². The van der Waals surface area contributed by atoms with E-state index < -0.39 is 0 Å². The summed E-state index contributed by atoms with van der Waals surface area (Å²) in [7, 11) is 0. The molecule has 1 heterocycles. The van der Waals surface area contributed by atoms with Gasteiger partial charge in [0, 0.05) is 4.88 Å². The molecule has 0 N–H and O–H groups in total. The minimum atomic E-state index is 1.16. The predicted octanol–water partition coefficient (Wildman–Crippen LogP) is 9.18. The Labute approximate surface area is 189 Å². The fraction of sp³-hybridized carbons (Fsp3) is 0. The molecular formula is C28H19BrS. The lowest BCUT2D eigenvalue weighted by Crippen LogP contribution is -1.82. The first-order chi connectivity index (χ1) is 14.8. The van der Waals surface area contributed by atoms with Gasteiger partial charge < -0.3 is 0 Å². The van der Waals surface area contributed by atoms with E-state index in [-0.39, 0.29) is 0 Å². The Morgan fingerprint density at radius 3 is 1.10 bits per heavy atom. The average molecular weight is 467 g/mol. The van der Waals surface area contributed by atoms with Gasteiger partial charge in [0.2, 0.25) is 0 Å². The lowest BCUT2D eigenvalue weighted by Gasteiger charge is -2.07. The van der Waals surface area contributed by atoms with Gasteiger partial charge in [-0.25, -0.2) is 0 Å². The SMILES string of the molecule is Brc1ccc(-c2ccc(-c3ccc(-c4ccc(-c5ccccc5)cc4)cc3)cc2)s1. The van der Waals surface area contributed by atoms with Crippen LogP contribution in [-0.4, -0.2) is 0 Å². The highest BCUT2D eigenvalue weighted by Crippen LogP contribution is 2.33. The number of thiophene rings is 1. The van der Waals surface area contributed by atoms with Gasteiger partial charge in [0.15, 0.2) is 0 Å². The summed E-state index contributed by atoms with van der Waals surface area (Å²) < 4.78 is 1.16. The third kappa shape index (κ3) is 4.02. The van der Waals surface area contributed by atoms with E-state index in [9.17, 15) is 0 Å². The molecule has 0 nitrogen and oxygen atoms in total. The van der Waals surface area contributed by atoms with Crippen molar-refractivity contribution in [3.05, 3.63) is 119 Å². The van der Waals surface area contributed by atoms with Gasteiger partial charge in [0.1, 0.15) is 0 Å². The Bertz CT molecular complexity index is 1250. The van der Waals surface area contributed by atoms with Crippen molar-refractivity contribution in [1.29, 1.82) is 0 Å². The highest BCUT2D eigenvalue weighted by atomic mass is 79.9. The predicted molar refractivity (Wildman–Crippen MR) is 134 cm³/mol. The van der Waals surface area contributed by atoms with Crippen LogP contribution in [0.2, 0.25) is 0 Å². The summed E-state index contributed by atoms with van der Waals surface area (Å²) in [6.07, 6.45) is 0. The monoisotopic (exact) mass is 466 g/mol. The molecule has 0 bridgehead atoms. The van der Waals surface area contributed by atoms with E-state index in [0.717, 1.165) is 3.79 Å². The van der Waals surface area contributed by atoms with E-state index in [1.807, 2.05) is 6.07 Å². The van der Waals surface area contributed by atoms with Crippen molar-refractivity contribution in [2.75, 3.05) is 0 Å². The van der Waals surface area contributed by atoms with Crippen molar-refractivity contribution < 1.29 is 0 Å². The summed E-state index contributed by atoms with van der Waals surface area (Å²) >= 11 is 5.30. The maximum absolute atomic E-state index is 3.54. The largest absolute Gasteiger partial charge is 0.128 e. The summed E-state index contributed by atoms with van der Waals surface area (Å²) in [4.78, 5) is 1.28. The number of benzene rings is 4. The van der Waals surface area contributed by atoms with Crippen LogP contribution in [0.3, 0.4) is 0 Å². The van der Waals surface area contributed by atoms with Crippen LogP contribution < -0.4 is 0 Å². The van der Waals surface area contributed by atoms with Crippen LogP contribution in [0, 0.1) is 0 Å². The van der Waals surface area contributed by atoms with Gasteiger partial charge in [-0.3, -0.25) is 0 Å². The molecule has 144 valence electrons. The molecule has 0 atom stereocenters. The molecule has 0 radical (unpaired) electrons. The van der Waals surface area contributed by atoms with E-state index in [1.165, 1.54) is 43.8 Å². The summed E-state index contributed by atoms with van der Waals surface area (Å²) in [5.41, 5.74) is 8.69. The second kappa shape index (κ2) is 8.43. The van der Waals surface area contributed by atoms with Crippen LogP contribution in [0.1, 0.15) is 0 Å².